The Morgan fingerprint density at radius 1 is 0.921 bits per heavy atom. The van der Waals surface area contributed by atoms with E-state index in [9.17, 15) is 30.4 Å². The van der Waals surface area contributed by atoms with Crippen molar-refractivity contribution in [3.05, 3.63) is 23.2 Å². The summed E-state index contributed by atoms with van der Waals surface area (Å²) in [5, 5.41) is 3.20. The molecule has 3 saturated heterocycles. The summed E-state index contributed by atoms with van der Waals surface area (Å²) in [5.74, 6) is -2.89. The van der Waals surface area contributed by atoms with E-state index in [1.165, 1.54) is 15.7 Å². The van der Waals surface area contributed by atoms with Gasteiger partial charge in [-0.1, -0.05) is 11.6 Å². The summed E-state index contributed by atoms with van der Waals surface area (Å²) in [7, 11) is -6.46. The first-order valence-electron chi connectivity index (χ1n) is 12.1. The number of hydrogen-bond donors (Lipinski definition) is 1. The molecule has 3 heterocycles. The van der Waals surface area contributed by atoms with Crippen LogP contribution < -0.4 is 10.1 Å². The molecule has 0 atom stereocenters. The average Bonchev–Trinajstić information content (AvgIpc) is 3.25. The number of carbonyl (C=O) groups is 1. The number of rotatable bonds is 8. The maximum absolute atomic E-state index is 13.5. The Bertz CT molecular complexity index is 1240. The summed E-state index contributed by atoms with van der Waals surface area (Å²) in [4.78, 5) is 14.4. The molecule has 38 heavy (non-hydrogen) atoms. The molecule has 3 aliphatic rings. The van der Waals surface area contributed by atoms with Crippen molar-refractivity contribution in [1.29, 1.82) is 0 Å². The number of methoxy groups -OCH3 is 1. The van der Waals surface area contributed by atoms with Crippen molar-refractivity contribution < 1.29 is 35.1 Å². The highest BCUT2D eigenvalue weighted by Crippen LogP contribution is 2.30. The Morgan fingerprint density at radius 3 is 1.95 bits per heavy atom. The van der Waals surface area contributed by atoms with E-state index >= 15 is 0 Å². The highest BCUT2D eigenvalue weighted by Gasteiger charge is 2.46. The average molecular weight is 601 g/mol. The van der Waals surface area contributed by atoms with Gasteiger partial charge in [0.15, 0.2) is 0 Å². The van der Waals surface area contributed by atoms with Gasteiger partial charge in [-0.05, 0) is 18.2 Å². The normalized spacial score (nSPS) is 22.9. The molecule has 1 N–H and O–H groups in total. The van der Waals surface area contributed by atoms with Gasteiger partial charge < -0.3 is 10.1 Å². The number of piperazine rings is 2. The molecule has 12 nitrogen and oxygen atoms in total. The monoisotopic (exact) mass is 600 g/mol. The molecule has 1 aromatic carbocycles. The quantitative estimate of drug-likeness (QED) is 0.457. The fourth-order valence-corrected chi connectivity index (χ4v) is 8.02. The number of nitrogens with one attached hydrogen (secondary N) is 1. The van der Waals surface area contributed by atoms with Crippen molar-refractivity contribution in [2.75, 3.05) is 84.4 Å². The van der Waals surface area contributed by atoms with Crippen molar-refractivity contribution in [3.8, 4) is 5.75 Å². The minimum Gasteiger partial charge on any atom is -0.495 e. The van der Waals surface area contributed by atoms with Gasteiger partial charge >= 0.3 is 0 Å². The second kappa shape index (κ2) is 11.4. The summed E-state index contributed by atoms with van der Waals surface area (Å²) in [5.41, 5.74) is 0.436. The van der Waals surface area contributed by atoms with Crippen molar-refractivity contribution >= 4 is 43.6 Å². The lowest BCUT2D eigenvalue weighted by Gasteiger charge is -2.39. The summed E-state index contributed by atoms with van der Waals surface area (Å²) in [6.45, 7) is -0.455. The van der Waals surface area contributed by atoms with E-state index in [-0.39, 0.29) is 58.3 Å². The second-order valence-electron chi connectivity index (χ2n) is 9.32. The molecular formula is C21H31ClF2N6O6S2. The molecule has 0 bridgehead atoms. The molecule has 0 aliphatic carbocycles. The van der Waals surface area contributed by atoms with Crippen LogP contribution in [-0.4, -0.2) is 130 Å². The van der Waals surface area contributed by atoms with Crippen LogP contribution in [0.3, 0.4) is 0 Å². The van der Waals surface area contributed by atoms with Crippen LogP contribution in [0.15, 0.2) is 18.2 Å². The summed E-state index contributed by atoms with van der Waals surface area (Å²) >= 11 is 6.00. The number of hydrogen-bond acceptors (Lipinski definition) is 7. The molecule has 1 amide bonds. The number of benzene rings is 1. The minimum atomic E-state index is -4.08. The first kappa shape index (κ1) is 29.3. The molecule has 1 aromatic rings. The Balaban J connectivity index is 1.26. The van der Waals surface area contributed by atoms with E-state index in [0.29, 0.717) is 29.5 Å². The maximum Gasteiger partial charge on any atom is 0.282 e. The number of alkyl halides is 2. The van der Waals surface area contributed by atoms with Crippen LogP contribution in [0, 0.1) is 0 Å². The molecule has 214 valence electrons. The van der Waals surface area contributed by atoms with E-state index in [1.54, 1.807) is 18.2 Å². The van der Waals surface area contributed by atoms with Crippen molar-refractivity contribution in [2.24, 2.45) is 0 Å². The van der Waals surface area contributed by atoms with E-state index < -0.39 is 39.3 Å². The number of anilines is 1. The molecule has 3 aliphatic heterocycles. The van der Waals surface area contributed by atoms with Crippen LogP contribution in [0.4, 0.5) is 14.5 Å². The second-order valence-corrected chi connectivity index (χ2v) is 13.6. The predicted molar refractivity (Wildman–Crippen MR) is 137 cm³/mol. The highest BCUT2D eigenvalue weighted by atomic mass is 35.5. The molecule has 17 heteroatoms. The molecule has 0 radical (unpaired) electrons. The first-order chi connectivity index (χ1) is 17.8. The fraction of sp³-hybridized carbons (Fsp3) is 0.667. The van der Waals surface area contributed by atoms with Gasteiger partial charge in [0.05, 0.1) is 25.9 Å². The molecule has 0 saturated carbocycles. The Labute approximate surface area is 226 Å². The van der Waals surface area contributed by atoms with Gasteiger partial charge in [-0.25, -0.2) is 8.78 Å². The maximum atomic E-state index is 13.5. The van der Waals surface area contributed by atoms with Gasteiger partial charge in [-0.15, -0.1) is 0 Å². The van der Waals surface area contributed by atoms with Gasteiger partial charge in [0.1, 0.15) is 5.75 Å². The SMILES string of the molecule is COc1ccc(Cl)cc1NC(=O)CN1CCN(S(=O)(=O)N2CCN(S(=O)(=O)N3CCC(F)(F)C3)CC2)CC1. The Kier molecular flexibility index (Phi) is 8.83. The highest BCUT2D eigenvalue weighted by molar-refractivity contribution is 7.87. The van der Waals surface area contributed by atoms with Crippen LogP contribution in [-0.2, 0) is 25.2 Å². The van der Waals surface area contributed by atoms with Crippen LogP contribution in [0.2, 0.25) is 5.02 Å². The third-order valence-corrected chi connectivity index (χ3v) is 11.0. The number of carbonyl (C=O) groups excluding carboxylic acids is 1. The predicted octanol–water partition coefficient (Wildman–Crippen LogP) is 0.353. The molecular weight excluding hydrogens is 570 g/mol. The van der Waals surface area contributed by atoms with Crippen LogP contribution >= 0.6 is 11.6 Å². The lowest BCUT2D eigenvalue weighted by atomic mass is 10.3. The molecule has 0 aromatic heterocycles. The largest absolute Gasteiger partial charge is 0.495 e. The summed E-state index contributed by atoms with van der Waals surface area (Å²) in [6.07, 6.45) is -0.525. The van der Waals surface area contributed by atoms with E-state index in [4.69, 9.17) is 16.3 Å². The third-order valence-electron chi connectivity index (χ3n) is 6.77. The first-order valence-corrected chi connectivity index (χ1v) is 15.2. The third kappa shape index (κ3) is 6.55. The number of amides is 1. The summed E-state index contributed by atoms with van der Waals surface area (Å²) in [6, 6.07) is 4.86. The van der Waals surface area contributed by atoms with Crippen molar-refractivity contribution in [1.82, 2.24) is 22.1 Å². The van der Waals surface area contributed by atoms with E-state index in [2.05, 4.69) is 5.32 Å². The topological polar surface area (TPSA) is 123 Å². The number of ether oxygens (including phenoxy) is 1. The lowest BCUT2D eigenvalue weighted by Crippen LogP contribution is -2.59. The zero-order valence-corrected chi connectivity index (χ0v) is 23.2. The van der Waals surface area contributed by atoms with Crippen LogP contribution in [0.25, 0.3) is 0 Å². The van der Waals surface area contributed by atoms with Gasteiger partial charge in [-0.3, -0.25) is 9.69 Å². The zero-order valence-electron chi connectivity index (χ0n) is 20.9. The lowest BCUT2D eigenvalue weighted by molar-refractivity contribution is -0.117. The molecule has 3 fully saturated rings. The van der Waals surface area contributed by atoms with Gasteiger partial charge in [0, 0.05) is 70.3 Å². The van der Waals surface area contributed by atoms with Crippen molar-refractivity contribution in [3.63, 3.8) is 0 Å². The smallest absolute Gasteiger partial charge is 0.282 e. The fourth-order valence-electron chi connectivity index (χ4n) is 4.65. The standard InChI is InChI=1S/C21H31ClF2N6O6S2/c1-36-19-3-2-17(22)14-18(19)25-20(31)15-26-6-8-27(9-7-26)37(32,33)28-10-12-29(13-11-28)38(34,35)30-5-4-21(23,24)16-30/h2-3,14H,4-13,15-16H2,1H3,(H,25,31). The Hall–Kier alpha value is -1.66. The van der Waals surface area contributed by atoms with E-state index in [0.717, 1.165) is 8.61 Å². The number of nitrogens with zero attached hydrogens (tertiary/aromatic N) is 5. The zero-order chi connectivity index (χ0) is 27.7. The minimum absolute atomic E-state index is 0.0512. The van der Waals surface area contributed by atoms with Crippen molar-refractivity contribution in [2.45, 2.75) is 12.3 Å². The van der Waals surface area contributed by atoms with E-state index in [1.807, 2.05) is 4.90 Å². The van der Waals surface area contributed by atoms with Gasteiger partial charge in [0.2, 0.25) is 5.91 Å². The van der Waals surface area contributed by atoms with Crippen LogP contribution in [0.1, 0.15) is 6.42 Å². The van der Waals surface area contributed by atoms with Crippen LogP contribution in [0.5, 0.6) is 5.75 Å². The molecule has 0 spiro atoms. The molecule has 0 unspecified atom stereocenters. The van der Waals surface area contributed by atoms with Gasteiger partial charge in [-0.2, -0.15) is 34.1 Å². The Morgan fingerprint density at radius 2 is 1.45 bits per heavy atom. The molecule has 4 rings (SSSR count). The van der Waals surface area contributed by atoms with Gasteiger partial charge in [0.25, 0.3) is 26.3 Å². The number of halogens is 3. The summed E-state index contributed by atoms with van der Waals surface area (Å²) < 4.78 is 88.3.